The molecular formula is C12H17NO3. The number of carboxylic acid groups (broad SMARTS) is 1. The third-order valence-electron chi connectivity index (χ3n) is 2.31. The predicted molar refractivity (Wildman–Crippen MR) is 61.1 cm³/mol. The summed E-state index contributed by atoms with van der Waals surface area (Å²) in [5.74, 6) is -0.809. The zero-order chi connectivity index (χ0) is 11.8. The number of carbonyl (C=O) groups is 1. The van der Waals surface area contributed by atoms with Gasteiger partial charge in [0.05, 0.1) is 13.0 Å². The molecule has 0 aliphatic heterocycles. The Labute approximate surface area is 95.1 Å². The van der Waals surface area contributed by atoms with E-state index in [2.05, 4.69) is 0 Å². The van der Waals surface area contributed by atoms with Crippen LogP contribution in [-0.2, 0) is 11.3 Å². The SMILES string of the molecule is O=C(O)CCN(CCO)Cc1ccccc1. The van der Waals surface area contributed by atoms with E-state index in [0.29, 0.717) is 19.6 Å². The summed E-state index contributed by atoms with van der Waals surface area (Å²) in [6.45, 7) is 1.69. The molecule has 4 nitrogen and oxygen atoms in total. The van der Waals surface area contributed by atoms with Crippen molar-refractivity contribution in [3.63, 3.8) is 0 Å². The first-order valence-corrected chi connectivity index (χ1v) is 5.31. The topological polar surface area (TPSA) is 60.8 Å². The van der Waals surface area contributed by atoms with Gasteiger partial charge in [0.2, 0.25) is 0 Å². The van der Waals surface area contributed by atoms with E-state index < -0.39 is 5.97 Å². The first-order chi connectivity index (χ1) is 7.72. The Hall–Kier alpha value is -1.39. The molecule has 0 saturated heterocycles. The highest BCUT2D eigenvalue weighted by atomic mass is 16.4. The van der Waals surface area contributed by atoms with Crippen LogP contribution < -0.4 is 0 Å². The fraction of sp³-hybridized carbons (Fsp3) is 0.417. The van der Waals surface area contributed by atoms with E-state index >= 15 is 0 Å². The summed E-state index contributed by atoms with van der Waals surface area (Å²) in [5, 5.41) is 17.5. The van der Waals surface area contributed by atoms with Crippen molar-refractivity contribution in [3.8, 4) is 0 Å². The summed E-state index contributed by atoms with van der Waals surface area (Å²) in [5.41, 5.74) is 1.13. The summed E-state index contributed by atoms with van der Waals surface area (Å²) in [4.78, 5) is 12.4. The van der Waals surface area contributed by atoms with Crippen molar-refractivity contribution in [2.45, 2.75) is 13.0 Å². The molecule has 0 bridgehead atoms. The lowest BCUT2D eigenvalue weighted by Gasteiger charge is -2.20. The molecule has 1 aromatic rings. The number of hydrogen-bond acceptors (Lipinski definition) is 3. The van der Waals surface area contributed by atoms with E-state index in [1.807, 2.05) is 35.2 Å². The molecule has 0 fully saturated rings. The molecule has 16 heavy (non-hydrogen) atoms. The molecule has 0 heterocycles. The number of benzene rings is 1. The van der Waals surface area contributed by atoms with Crippen LogP contribution >= 0.6 is 0 Å². The van der Waals surface area contributed by atoms with E-state index in [4.69, 9.17) is 10.2 Å². The van der Waals surface area contributed by atoms with Crippen LogP contribution in [0.3, 0.4) is 0 Å². The lowest BCUT2D eigenvalue weighted by Crippen LogP contribution is -2.28. The van der Waals surface area contributed by atoms with Gasteiger partial charge in [-0.1, -0.05) is 30.3 Å². The Morgan fingerprint density at radius 3 is 2.44 bits per heavy atom. The van der Waals surface area contributed by atoms with Gasteiger partial charge >= 0.3 is 5.97 Å². The van der Waals surface area contributed by atoms with Crippen molar-refractivity contribution in [1.82, 2.24) is 4.90 Å². The Kier molecular flexibility index (Phi) is 5.53. The average molecular weight is 223 g/mol. The molecule has 0 unspecified atom stereocenters. The van der Waals surface area contributed by atoms with E-state index in [9.17, 15) is 4.79 Å². The molecule has 0 aliphatic carbocycles. The van der Waals surface area contributed by atoms with Crippen molar-refractivity contribution in [1.29, 1.82) is 0 Å². The largest absolute Gasteiger partial charge is 0.481 e. The minimum Gasteiger partial charge on any atom is -0.481 e. The van der Waals surface area contributed by atoms with Crippen LogP contribution in [0.4, 0.5) is 0 Å². The van der Waals surface area contributed by atoms with Gasteiger partial charge in [-0.2, -0.15) is 0 Å². The third kappa shape index (κ3) is 4.91. The standard InChI is InChI=1S/C12H17NO3/c14-9-8-13(7-6-12(15)16)10-11-4-2-1-3-5-11/h1-5,14H,6-10H2,(H,15,16). The molecule has 1 rings (SSSR count). The van der Waals surface area contributed by atoms with Crippen LogP contribution in [0, 0.1) is 0 Å². The second-order valence-corrected chi connectivity index (χ2v) is 3.63. The van der Waals surface area contributed by atoms with Crippen LogP contribution in [0.1, 0.15) is 12.0 Å². The Balaban J connectivity index is 2.47. The summed E-state index contributed by atoms with van der Waals surface area (Å²) in [6, 6.07) is 9.82. The molecule has 4 heteroatoms. The molecule has 0 aromatic heterocycles. The van der Waals surface area contributed by atoms with Gasteiger partial charge in [-0.15, -0.1) is 0 Å². The molecule has 0 amide bonds. The fourth-order valence-corrected chi connectivity index (χ4v) is 1.51. The first-order valence-electron chi connectivity index (χ1n) is 5.31. The molecule has 88 valence electrons. The van der Waals surface area contributed by atoms with E-state index in [0.717, 1.165) is 5.56 Å². The highest BCUT2D eigenvalue weighted by molar-refractivity contribution is 5.66. The zero-order valence-electron chi connectivity index (χ0n) is 9.17. The monoisotopic (exact) mass is 223 g/mol. The molecular weight excluding hydrogens is 206 g/mol. The number of hydrogen-bond donors (Lipinski definition) is 2. The van der Waals surface area contributed by atoms with E-state index in [1.165, 1.54) is 0 Å². The van der Waals surface area contributed by atoms with Gasteiger partial charge in [-0.25, -0.2) is 0 Å². The highest BCUT2D eigenvalue weighted by Crippen LogP contribution is 2.04. The van der Waals surface area contributed by atoms with Gasteiger partial charge in [0.15, 0.2) is 0 Å². The molecule has 2 N–H and O–H groups in total. The summed E-state index contributed by atoms with van der Waals surface area (Å²) in [7, 11) is 0. The van der Waals surface area contributed by atoms with Gasteiger partial charge in [-0.3, -0.25) is 9.69 Å². The molecule has 0 atom stereocenters. The fourth-order valence-electron chi connectivity index (χ4n) is 1.51. The van der Waals surface area contributed by atoms with Crippen LogP contribution in [-0.4, -0.2) is 40.8 Å². The van der Waals surface area contributed by atoms with Crippen LogP contribution in [0.15, 0.2) is 30.3 Å². The number of aliphatic carboxylic acids is 1. The predicted octanol–water partition coefficient (Wildman–Crippen LogP) is 0.956. The second kappa shape index (κ2) is 6.98. The maximum atomic E-state index is 10.5. The normalized spacial score (nSPS) is 10.6. The minimum atomic E-state index is -0.809. The maximum absolute atomic E-state index is 10.5. The molecule has 0 aliphatic rings. The van der Waals surface area contributed by atoms with Crippen molar-refractivity contribution < 1.29 is 15.0 Å². The lowest BCUT2D eigenvalue weighted by atomic mass is 10.2. The van der Waals surface area contributed by atoms with Crippen molar-refractivity contribution in [2.75, 3.05) is 19.7 Å². The number of carboxylic acids is 1. The Morgan fingerprint density at radius 2 is 1.88 bits per heavy atom. The zero-order valence-corrected chi connectivity index (χ0v) is 9.17. The maximum Gasteiger partial charge on any atom is 0.304 e. The summed E-state index contributed by atoms with van der Waals surface area (Å²) < 4.78 is 0. The smallest absolute Gasteiger partial charge is 0.304 e. The number of aliphatic hydroxyl groups excluding tert-OH is 1. The number of aliphatic hydroxyl groups is 1. The van der Waals surface area contributed by atoms with Crippen LogP contribution in [0.5, 0.6) is 0 Å². The molecule has 0 saturated carbocycles. The quantitative estimate of drug-likeness (QED) is 0.722. The summed E-state index contributed by atoms with van der Waals surface area (Å²) in [6.07, 6.45) is 0.104. The summed E-state index contributed by atoms with van der Waals surface area (Å²) >= 11 is 0. The van der Waals surface area contributed by atoms with Crippen molar-refractivity contribution >= 4 is 5.97 Å². The second-order valence-electron chi connectivity index (χ2n) is 3.63. The van der Waals surface area contributed by atoms with Gasteiger partial charge in [-0.05, 0) is 5.56 Å². The Bertz CT molecular complexity index is 313. The van der Waals surface area contributed by atoms with Crippen LogP contribution in [0.25, 0.3) is 0 Å². The van der Waals surface area contributed by atoms with Crippen molar-refractivity contribution in [3.05, 3.63) is 35.9 Å². The highest BCUT2D eigenvalue weighted by Gasteiger charge is 2.07. The number of rotatable bonds is 7. The molecule has 0 radical (unpaired) electrons. The van der Waals surface area contributed by atoms with Gasteiger partial charge < -0.3 is 10.2 Å². The number of nitrogens with zero attached hydrogens (tertiary/aromatic N) is 1. The average Bonchev–Trinajstić information content (AvgIpc) is 2.27. The van der Waals surface area contributed by atoms with Gasteiger partial charge in [0, 0.05) is 19.6 Å². The van der Waals surface area contributed by atoms with Crippen molar-refractivity contribution in [2.24, 2.45) is 0 Å². The lowest BCUT2D eigenvalue weighted by molar-refractivity contribution is -0.137. The molecule has 1 aromatic carbocycles. The van der Waals surface area contributed by atoms with Gasteiger partial charge in [0.25, 0.3) is 0 Å². The first kappa shape index (κ1) is 12.7. The van der Waals surface area contributed by atoms with Crippen LogP contribution in [0.2, 0.25) is 0 Å². The minimum absolute atomic E-state index is 0.0481. The van der Waals surface area contributed by atoms with E-state index in [1.54, 1.807) is 0 Å². The molecule has 0 spiro atoms. The van der Waals surface area contributed by atoms with Gasteiger partial charge in [0.1, 0.15) is 0 Å². The Morgan fingerprint density at radius 1 is 1.19 bits per heavy atom. The van der Waals surface area contributed by atoms with E-state index in [-0.39, 0.29) is 13.0 Å². The third-order valence-corrected chi connectivity index (χ3v) is 2.31.